The summed E-state index contributed by atoms with van der Waals surface area (Å²) in [6.07, 6.45) is 1.38. The molecule has 0 bridgehead atoms. The molecule has 0 amide bonds. The van der Waals surface area contributed by atoms with Gasteiger partial charge in [0.2, 0.25) is 0 Å². The number of carbonyl (C=O) groups is 1. The van der Waals surface area contributed by atoms with Gasteiger partial charge < -0.3 is 4.74 Å². The number of hydrogen-bond acceptors (Lipinski definition) is 3. The monoisotopic (exact) mass is 286 g/mol. The van der Waals surface area contributed by atoms with Crippen LogP contribution in [0.2, 0.25) is 0 Å². The van der Waals surface area contributed by atoms with Crippen molar-refractivity contribution in [2.45, 2.75) is 18.8 Å². The molecule has 1 atom stereocenters. The summed E-state index contributed by atoms with van der Waals surface area (Å²) in [7, 11) is 1.61. The molecule has 1 heterocycles. The molecule has 1 aliphatic carbocycles. The van der Waals surface area contributed by atoms with E-state index < -0.39 is 0 Å². The number of ether oxygens (including phenoxy) is 1. The molecule has 1 aromatic heterocycles. The van der Waals surface area contributed by atoms with Crippen molar-refractivity contribution in [3.63, 3.8) is 0 Å². The highest BCUT2D eigenvalue weighted by molar-refractivity contribution is 9.12. The second-order valence-electron chi connectivity index (χ2n) is 3.53. The maximum atomic E-state index is 11.7. The molecule has 80 valence electrons. The number of ketones is 1. The molecule has 0 spiro atoms. The second kappa shape index (κ2) is 4.49. The van der Waals surface area contributed by atoms with Crippen LogP contribution in [0.25, 0.3) is 0 Å². The SMILES string of the molecule is COC1=C(Br)C(=O)CC(c2ccsc2)C1. The van der Waals surface area contributed by atoms with Gasteiger partial charge in [0.25, 0.3) is 0 Å². The van der Waals surface area contributed by atoms with Gasteiger partial charge in [0, 0.05) is 12.8 Å². The van der Waals surface area contributed by atoms with Crippen molar-refractivity contribution in [1.82, 2.24) is 0 Å². The molecule has 1 unspecified atom stereocenters. The highest BCUT2D eigenvalue weighted by Gasteiger charge is 2.28. The Morgan fingerprint density at radius 2 is 2.33 bits per heavy atom. The number of methoxy groups -OCH3 is 1. The molecular formula is C11H11BrO2S. The molecule has 0 aliphatic heterocycles. The Morgan fingerprint density at radius 1 is 1.53 bits per heavy atom. The average Bonchev–Trinajstić information content (AvgIpc) is 2.75. The normalized spacial score (nSPS) is 22.0. The zero-order valence-corrected chi connectivity index (χ0v) is 10.7. The summed E-state index contributed by atoms with van der Waals surface area (Å²) in [6, 6.07) is 2.08. The quantitative estimate of drug-likeness (QED) is 0.832. The van der Waals surface area contributed by atoms with Gasteiger partial charge in [0.05, 0.1) is 11.6 Å². The highest BCUT2D eigenvalue weighted by atomic mass is 79.9. The van der Waals surface area contributed by atoms with Crippen LogP contribution in [0.15, 0.2) is 27.1 Å². The Morgan fingerprint density at radius 3 is 2.93 bits per heavy atom. The molecule has 0 saturated heterocycles. The van der Waals surface area contributed by atoms with E-state index in [4.69, 9.17) is 4.74 Å². The van der Waals surface area contributed by atoms with Crippen LogP contribution < -0.4 is 0 Å². The first-order valence-corrected chi connectivity index (χ1v) is 6.44. The lowest BCUT2D eigenvalue weighted by Gasteiger charge is -2.22. The van der Waals surface area contributed by atoms with Gasteiger partial charge in [-0.3, -0.25) is 4.79 Å². The van der Waals surface area contributed by atoms with Crippen LogP contribution in [0.4, 0.5) is 0 Å². The predicted octanol–water partition coefficient (Wildman–Crippen LogP) is 3.45. The van der Waals surface area contributed by atoms with Crippen molar-refractivity contribution < 1.29 is 9.53 Å². The van der Waals surface area contributed by atoms with E-state index in [9.17, 15) is 4.79 Å². The highest BCUT2D eigenvalue weighted by Crippen LogP contribution is 2.37. The van der Waals surface area contributed by atoms with Crippen molar-refractivity contribution in [2.24, 2.45) is 0 Å². The fraction of sp³-hybridized carbons (Fsp3) is 0.364. The zero-order chi connectivity index (χ0) is 10.8. The van der Waals surface area contributed by atoms with Crippen LogP contribution >= 0.6 is 27.3 Å². The topological polar surface area (TPSA) is 26.3 Å². The van der Waals surface area contributed by atoms with Gasteiger partial charge in [-0.1, -0.05) is 0 Å². The molecule has 0 N–H and O–H groups in total. The molecule has 0 fully saturated rings. The van der Waals surface area contributed by atoms with Gasteiger partial charge in [-0.25, -0.2) is 0 Å². The Labute approximate surface area is 101 Å². The molecule has 4 heteroatoms. The third-order valence-electron chi connectivity index (χ3n) is 2.61. The van der Waals surface area contributed by atoms with Crippen LogP contribution in [0.5, 0.6) is 0 Å². The molecule has 0 saturated carbocycles. The van der Waals surface area contributed by atoms with Crippen LogP contribution in [0, 0.1) is 0 Å². The number of halogens is 1. The minimum Gasteiger partial charge on any atom is -0.500 e. The number of carbonyl (C=O) groups excluding carboxylic acids is 1. The maximum Gasteiger partial charge on any atom is 0.173 e. The van der Waals surface area contributed by atoms with Crippen molar-refractivity contribution >= 4 is 33.0 Å². The fourth-order valence-electron chi connectivity index (χ4n) is 1.77. The maximum absolute atomic E-state index is 11.7. The standard InChI is InChI=1S/C11H11BrO2S/c1-14-10-5-8(4-9(13)11(10)12)7-2-3-15-6-7/h2-3,6,8H,4-5H2,1H3. The van der Waals surface area contributed by atoms with Crippen LogP contribution in [-0.2, 0) is 9.53 Å². The molecule has 1 aromatic rings. The van der Waals surface area contributed by atoms with Gasteiger partial charge in [-0.2, -0.15) is 11.3 Å². The summed E-state index contributed by atoms with van der Waals surface area (Å²) in [5, 5.41) is 4.14. The van der Waals surface area contributed by atoms with Gasteiger partial charge in [-0.15, -0.1) is 0 Å². The zero-order valence-electron chi connectivity index (χ0n) is 8.33. The van der Waals surface area contributed by atoms with Crippen molar-refractivity contribution in [1.29, 1.82) is 0 Å². The first-order chi connectivity index (χ1) is 7.22. The van der Waals surface area contributed by atoms with E-state index in [2.05, 4.69) is 27.4 Å². The van der Waals surface area contributed by atoms with Gasteiger partial charge in [-0.05, 0) is 44.2 Å². The molecule has 2 nitrogen and oxygen atoms in total. The Kier molecular flexibility index (Phi) is 3.26. The summed E-state index contributed by atoms with van der Waals surface area (Å²) < 4.78 is 5.83. The first-order valence-electron chi connectivity index (χ1n) is 4.70. The number of allylic oxidation sites excluding steroid dienone is 2. The smallest absolute Gasteiger partial charge is 0.173 e. The van der Waals surface area contributed by atoms with E-state index >= 15 is 0 Å². The molecular weight excluding hydrogens is 276 g/mol. The lowest BCUT2D eigenvalue weighted by atomic mass is 9.88. The molecule has 1 aliphatic rings. The largest absolute Gasteiger partial charge is 0.500 e. The van der Waals surface area contributed by atoms with Crippen LogP contribution in [0.3, 0.4) is 0 Å². The number of Topliss-reactive ketones (excluding diaryl/α,β-unsaturated/α-hetero) is 1. The lowest BCUT2D eigenvalue weighted by molar-refractivity contribution is -0.115. The Balaban J connectivity index is 2.25. The van der Waals surface area contributed by atoms with E-state index in [0.29, 0.717) is 10.9 Å². The third-order valence-corrected chi connectivity index (χ3v) is 4.20. The molecule has 0 aromatic carbocycles. The van der Waals surface area contributed by atoms with Crippen LogP contribution in [0.1, 0.15) is 24.3 Å². The first kappa shape index (κ1) is 10.9. The summed E-state index contributed by atoms with van der Waals surface area (Å²) in [5.74, 6) is 1.18. The predicted molar refractivity (Wildman–Crippen MR) is 64.3 cm³/mol. The number of hydrogen-bond donors (Lipinski definition) is 0. The summed E-state index contributed by atoms with van der Waals surface area (Å²) in [4.78, 5) is 11.7. The number of thiophene rings is 1. The number of rotatable bonds is 2. The average molecular weight is 287 g/mol. The summed E-state index contributed by atoms with van der Waals surface area (Å²) in [5.41, 5.74) is 1.24. The summed E-state index contributed by atoms with van der Waals surface area (Å²) in [6.45, 7) is 0. The van der Waals surface area contributed by atoms with Gasteiger partial charge in [0.15, 0.2) is 5.78 Å². The van der Waals surface area contributed by atoms with E-state index in [1.54, 1.807) is 18.4 Å². The Bertz CT molecular complexity index is 395. The molecule has 15 heavy (non-hydrogen) atoms. The Hall–Kier alpha value is -0.610. The van der Waals surface area contributed by atoms with Crippen molar-refractivity contribution in [3.8, 4) is 0 Å². The van der Waals surface area contributed by atoms with Gasteiger partial charge in [0.1, 0.15) is 5.76 Å². The van der Waals surface area contributed by atoms with E-state index in [0.717, 1.165) is 12.2 Å². The van der Waals surface area contributed by atoms with Crippen molar-refractivity contribution in [3.05, 3.63) is 32.6 Å². The van der Waals surface area contributed by atoms with Gasteiger partial charge >= 0.3 is 0 Å². The molecule has 2 rings (SSSR count). The molecule has 0 radical (unpaired) electrons. The van der Waals surface area contributed by atoms with E-state index in [-0.39, 0.29) is 11.7 Å². The van der Waals surface area contributed by atoms with E-state index in [1.807, 2.05) is 5.38 Å². The lowest BCUT2D eigenvalue weighted by Crippen LogP contribution is -2.16. The fourth-order valence-corrected chi connectivity index (χ4v) is 3.00. The van der Waals surface area contributed by atoms with Crippen LogP contribution in [-0.4, -0.2) is 12.9 Å². The summed E-state index contributed by atoms with van der Waals surface area (Å²) >= 11 is 4.94. The minimum absolute atomic E-state index is 0.134. The van der Waals surface area contributed by atoms with E-state index in [1.165, 1.54) is 5.56 Å². The third kappa shape index (κ3) is 2.16. The van der Waals surface area contributed by atoms with Crippen molar-refractivity contribution in [2.75, 3.05) is 7.11 Å². The second-order valence-corrected chi connectivity index (χ2v) is 5.10. The minimum atomic E-state index is 0.134.